The molecule has 0 aliphatic carbocycles. The van der Waals surface area contributed by atoms with Crippen molar-refractivity contribution in [3.63, 3.8) is 0 Å². The fourth-order valence-electron chi connectivity index (χ4n) is 1.43. The summed E-state index contributed by atoms with van der Waals surface area (Å²) < 4.78 is 0. The van der Waals surface area contributed by atoms with Gasteiger partial charge in [0.1, 0.15) is 0 Å². The summed E-state index contributed by atoms with van der Waals surface area (Å²) in [5, 5.41) is 15.1. The largest absolute Gasteiger partial charge is 0.316 e. The van der Waals surface area contributed by atoms with E-state index in [4.69, 9.17) is 0 Å². The van der Waals surface area contributed by atoms with Crippen LogP contribution in [-0.4, -0.2) is 33.3 Å². The van der Waals surface area contributed by atoms with E-state index in [9.17, 15) is 0 Å². The molecule has 2 rings (SSSR count). The molecule has 0 aromatic carbocycles. The number of nitrogens with zero attached hydrogens (tertiary/aromatic N) is 4. The molecule has 1 aromatic rings. The first kappa shape index (κ1) is 8.37. The van der Waals surface area contributed by atoms with Gasteiger partial charge in [-0.2, -0.15) is 4.80 Å². The van der Waals surface area contributed by atoms with Gasteiger partial charge in [-0.3, -0.25) is 0 Å². The number of rotatable bonds is 1. The predicted molar refractivity (Wildman–Crippen MR) is 48.9 cm³/mol. The van der Waals surface area contributed by atoms with E-state index in [2.05, 4.69) is 20.7 Å². The standard InChI is InChI=1S/C8H13N5/c1-13-11-8(10-12-13)6-7-2-4-9-5-3-7/h6,9H,2-5H2,1H3. The molecule has 1 N–H and O–H groups in total. The molecule has 0 bridgehead atoms. The minimum absolute atomic E-state index is 0.722. The zero-order chi connectivity index (χ0) is 9.10. The van der Waals surface area contributed by atoms with Crippen LogP contribution in [0, 0.1) is 0 Å². The van der Waals surface area contributed by atoms with Crippen LogP contribution in [0.4, 0.5) is 0 Å². The lowest BCUT2D eigenvalue weighted by Crippen LogP contribution is -2.22. The Morgan fingerprint density at radius 1 is 1.38 bits per heavy atom. The van der Waals surface area contributed by atoms with E-state index in [0.29, 0.717) is 0 Å². The molecule has 1 saturated heterocycles. The molecule has 0 atom stereocenters. The van der Waals surface area contributed by atoms with Gasteiger partial charge < -0.3 is 5.32 Å². The number of aromatic nitrogens is 4. The van der Waals surface area contributed by atoms with E-state index in [0.717, 1.165) is 31.8 Å². The van der Waals surface area contributed by atoms with Crippen molar-refractivity contribution in [2.24, 2.45) is 7.05 Å². The predicted octanol–water partition coefficient (Wildman–Crippen LogP) is -0.0231. The second kappa shape index (κ2) is 3.66. The second-order valence-electron chi connectivity index (χ2n) is 3.19. The first-order valence-corrected chi connectivity index (χ1v) is 4.49. The summed E-state index contributed by atoms with van der Waals surface area (Å²) >= 11 is 0. The lowest BCUT2D eigenvalue weighted by molar-refractivity contribution is 0.612. The molecule has 2 heterocycles. The molecule has 1 aromatic heterocycles. The van der Waals surface area contributed by atoms with Gasteiger partial charge in [0.15, 0.2) is 5.82 Å². The summed E-state index contributed by atoms with van der Waals surface area (Å²) in [6, 6.07) is 0. The highest BCUT2D eigenvalue weighted by molar-refractivity contribution is 5.44. The Labute approximate surface area is 76.8 Å². The quantitative estimate of drug-likeness (QED) is 0.658. The van der Waals surface area contributed by atoms with Gasteiger partial charge in [-0.1, -0.05) is 5.57 Å². The zero-order valence-corrected chi connectivity index (χ0v) is 7.69. The average molecular weight is 179 g/mol. The monoisotopic (exact) mass is 179 g/mol. The first-order chi connectivity index (χ1) is 6.34. The van der Waals surface area contributed by atoms with E-state index in [1.54, 1.807) is 7.05 Å². The topological polar surface area (TPSA) is 55.6 Å². The highest BCUT2D eigenvalue weighted by Crippen LogP contribution is 2.12. The molecule has 1 fully saturated rings. The highest BCUT2D eigenvalue weighted by atomic mass is 15.6. The van der Waals surface area contributed by atoms with Crippen LogP contribution in [0.2, 0.25) is 0 Å². The Balaban J connectivity index is 2.09. The molecular weight excluding hydrogens is 166 g/mol. The smallest absolute Gasteiger partial charge is 0.197 e. The summed E-state index contributed by atoms with van der Waals surface area (Å²) in [6.45, 7) is 2.12. The van der Waals surface area contributed by atoms with Crippen LogP contribution in [0.25, 0.3) is 6.08 Å². The van der Waals surface area contributed by atoms with Crippen LogP contribution in [0.5, 0.6) is 0 Å². The van der Waals surface area contributed by atoms with E-state index >= 15 is 0 Å². The number of tetrazole rings is 1. The molecule has 0 saturated carbocycles. The van der Waals surface area contributed by atoms with E-state index in [1.807, 2.05) is 6.08 Å². The van der Waals surface area contributed by atoms with Crippen molar-refractivity contribution in [1.29, 1.82) is 0 Å². The molecule has 5 heteroatoms. The third kappa shape index (κ3) is 2.12. The first-order valence-electron chi connectivity index (χ1n) is 4.49. The van der Waals surface area contributed by atoms with Gasteiger partial charge in [-0.25, -0.2) is 0 Å². The summed E-state index contributed by atoms with van der Waals surface area (Å²) in [4.78, 5) is 1.48. The lowest BCUT2D eigenvalue weighted by atomic mass is 10.1. The van der Waals surface area contributed by atoms with E-state index < -0.39 is 0 Å². The number of piperidine rings is 1. The molecule has 70 valence electrons. The van der Waals surface area contributed by atoms with Crippen molar-refractivity contribution in [1.82, 2.24) is 25.5 Å². The summed E-state index contributed by atoms with van der Waals surface area (Å²) in [6.07, 6.45) is 4.23. The van der Waals surface area contributed by atoms with E-state index in [-0.39, 0.29) is 0 Å². The number of hydrogen-bond donors (Lipinski definition) is 1. The molecule has 0 unspecified atom stereocenters. The van der Waals surface area contributed by atoms with E-state index in [1.165, 1.54) is 10.4 Å². The summed E-state index contributed by atoms with van der Waals surface area (Å²) in [5.74, 6) is 0.722. The van der Waals surface area contributed by atoms with Gasteiger partial charge in [0.25, 0.3) is 0 Å². The Hall–Kier alpha value is -1.23. The zero-order valence-electron chi connectivity index (χ0n) is 7.69. The Kier molecular flexibility index (Phi) is 2.35. The van der Waals surface area contributed by atoms with Crippen LogP contribution < -0.4 is 5.32 Å². The van der Waals surface area contributed by atoms with Crippen LogP contribution in [0.1, 0.15) is 18.7 Å². The van der Waals surface area contributed by atoms with Crippen molar-refractivity contribution in [3.05, 3.63) is 11.4 Å². The third-order valence-corrected chi connectivity index (χ3v) is 2.10. The van der Waals surface area contributed by atoms with Gasteiger partial charge in [-0.05, 0) is 37.2 Å². The van der Waals surface area contributed by atoms with Gasteiger partial charge in [0.05, 0.1) is 7.05 Å². The molecule has 1 aliphatic rings. The summed E-state index contributed by atoms with van der Waals surface area (Å²) in [5.41, 5.74) is 1.41. The maximum Gasteiger partial charge on any atom is 0.197 e. The van der Waals surface area contributed by atoms with Crippen LogP contribution in [-0.2, 0) is 7.05 Å². The maximum absolute atomic E-state index is 4.10. The Morgan fingerprint density at radius 2 is 2.15 bits per heavy atom. The molecule has 0 spiro atoms. The molecular formula is C8H13N5. The van der Waals surface area contributed by atoms with Gasteiger partial charge >= 0.3 is 0 Å². The van der Waals surface area contributed by atoms with Crippen molar-refractivity contribution >= 4 is 6.08 Å². The Bertz CT molecular complexity index is 306. The lowest BCUT2D eigenvalue weighted by Gasteiger charge is -2.14. The average Bonchev–Trinajstić information content (AvgIpc) is 2.53. The molecule has 1 aliphatic heterocycles. The normalized spacial score (nSPS) is 17.5. The number of aryl methyl sites for hydroxylation is 1. The minimum Gasteiger partial charge on any atom is -0.316 e. The molecule has 0 amide bonds. The molecule has 13 heavy (non-hydrogen) atoms. The molecule has 5 nitrogen and oxygen atoms in total. The van der Waals surface area contributed by atoms with Crippen LogP contribution in [0.15, 0.2) is 5.57 Å². The number of nitrogens with one attached hydrogen (secondary N) is 1. The second-order valence-corrected chi connectivity index (χ2v) is 3.19. The van der Waals surface area contributed by atoms with Crippen LogP contribution in [0.3, 0.4) is 0 Å². The van der Waals surface area contributed by atoms with Gasteiger partial charge in [0, 0.05) is 0 Å². The molecule has 0 radical (unpaired) electrons. The highest BCUT2D eigenvalue weighted by Gasteiger charge is 2.05. The number of hydrogen-bond acceptors (Lipinski definition) is 4. The van der Waals surface area contributed by atoms with Gasteiger partial charge in [0.2, 0.25) is 0 Å². The third-order valence-electron chi connectivity index (χ3n) is 2.10. The fraction of sp³-hybridized carbons (Fsp3) is 0.625. The maximum atomic E-state index is 4.10. The minimum atomic E-state index is 0.722. The van der Waals surface area contributed by atoms with Crippen molar-refractivity contribution in [3.8, 4) is 0 Å². The van der Waals surface area contributed by atoms with Crippen LogP contribution >= 0.6 is 0 Å². The summed E-state index contributed by atoms with van der Waals surface area (Å²) in [7, 11) is 1.78. The van der Waals surface area contributed by atoms with Crippen molar-refractivity contribution in [2.75, 3.05) is 13.1 Å². The SMILES string of the molecule is Cn1nnc(C=C2CCNCC2)n1. The Morgan fingerprint density at radius 3 is 2.77 bits per heavy atom. The fourth-order valence-corrected chi connectivity index (χ4v) is 1.43. The van der Waals surface area contributed by atoms with Crippen molar-refractivity contribution < 1.29 is 0 Å². The van der Waals surface area contributed by atoms with Crippen molar-refractivity contribution in [2.45, 2.75) is 12.8 Å². The van der Waals surface area contributed by atoms with Gasteiger partial charge in [-0.15, -0.1) is 10.2 Å².